The van der Waals surface area contributed by atoms with E-state index in [0.717, 1.165) is 12.5 Å². The predicted molar refractivity (Wildman–Crippen MR) is 104 cm³/mol. The predicted octanol–water partition coefficient (Wildman–Crippen LogP) is 2.70. The number of rotatable bonds is 4. The highest BCUT2D eigenvalue weighted by atomic mass is 32.2. The lowest BCUT2D eigenvalue weighted by molar-refractivity contribution is 0.00578. The van der Waals surface area contributed by atoms with E-state index in [0.29, 0.717) is 11.5 Å². The van der Waals surface area contributed by atoms with E-state index in [9.17, 15) is 17.2 Å². The second-order valence-corrected chi connectivity index (χ2v) is 9.54. The van der Waals surface area contributed by atoms with Gasteiger partial charge in [0.05, 0.1) is 23.7 Å². The van der Waals surface area contributed by atoms with Crippen molar-refractivity contribution in [2.45, 2.75) is 38.9 Å². The molecule has 1 aromatic carbocycles. The Hall–Kier alpha value is -2.04. The Kier molecular flexibility index (Phi) is 5.02. The lowest BCUT2D eigenvalue weighted by Gasteiger charge is -2.32. The summed E-state index contributed by atoms with van der Waals surface area (Å²) in [7, 11) is -4.38. The fourth-order valence-electron chi connectivity index (χ4n) is 2.80. The van der Waals surface area contributed by atoms with Crippen LogP contribution in [0.1, 0.15) is 27.7 Å². The summed E-state index contributed by atoms with van der Waals surface area (Å²) in [5.74, 6) is -1.67. The number of anilines is 1. The Bertz CT molecular complexity index is 1010. The van der Waals surface area contributed by atoms with E-state index >= 15 is 0 Å². The van der Waals surface area contributed by atoms with Crippen molar-refractivity contribution in [3.63, 3.8) is 0 Å². The quantitative estimate of drug-likeness (QED) is 0.785. The summed E-state index contributed by atoms with van der Waals surface area (Å²) in [6.45, 7) is 7.53. The molecule has 10 heteroatoms. The van der Waals surface area contributed by atoms with Gasteiger partial charge in [-0.15, -0.1) is 0 Å². The molecule has 28 heavy (non-hydrogen) atoms. The van der Waals surface area contributed by atoms with Crippen LogP contribution in [-0.2, 0) is 19.3 Å². The number of nitrogens with one attached hydrogen (secondary N) is 1. The number of halogens is 2. The van der Waals surface area contributed by atoms with Crippen molar-refractivity contribution < 1.29 is 26.5 Å². The topological polar surface area (TPSA) is 77.5 Å². The van der Waals surface area contributed by atoms with Crippen LogP contribution in [0.25, 0.3) is 11.3 Å². The summed E-state index contributed by atoms with van der Waals surface area (Å²) in [6, 6.07) is 5.26. The Labute approximate surface area is 163 Å². The fraction of sp³-hybridized carbons (Fsp3) is 0.389. The van der Waals surface area contributed by atoms with E-state index in [1.165, 1.54) is 6.07 Å². The minimum Gasteiger partial charge on any atom is -0.399 e. The number of sulfonamides is 1. The molecule has 0 atom stereocenters. The van der Waals surface area contributed by atoms with Crippen LogP contribution >= 0.6 is 0 Å². The van der Waals surface area contributed by atoms with E-state index in [1.807, 2.05) is 27.7 Å². The third-order valence-electron chi connectivity index (χ3n) is 4.87. The molecule has 0 amide bonds. The standard InChI is InChI=1S/C18H21BF2N2O4S/c1-17(2)18(3,4)27-19(26-17)12-6-11(7-14(8-12)23-28(5,24)25)16-15(21)9-13(20)10-22-16/h6-10,23H,1-5H3. The van der Waals surface area contributed by atoms with Crippen LogP contribution in [-0.4, -0.2) is 38.0 Å². The maximum atomic E-state index is 14.3. The van der Waals surface area contributed by atoms with E-state index in [1.54, 1.807) is 12.1 Å². The first kappa shape index (κ1) is 20.7. The summed E-state index contributed by atoms with van der Waals surface area (Å²) < 4.78 is 65.2. The molecular weight excluding hydrogens is 389 g/mol. The monoisotopic (exact) mass is 410 g/mol. The molecule has 150 valence electrons. The van der Waals surface area contributed by atoms with Crippen molar-refractivity contribution >= 4 is 28.3 Å². The summed E-state index contributed by atoms with van der Waals surface area (Å²) in [4.78, 5) is 3.80. The minimum atomic E-state index is -3.58. The molecule has 1 fully saturated rings. The molecule has 1 aliphatic rings. The van der Waals surface area contributed by atoms with Crippen LogP contribution in [0, 0.1) is 11.6 Å². The number of pyridine rings is 1. The van der Waals surface area contributed by atoms with Gasteiger partial charge < -0.3 is 9.31 Å². The molecule has 1 saturated heterocycles. The molecule has 3 rings (SSSR count). The fourth-order valence-corrected chi connectivity index (χ4v) is 3.35. The number of aromatic nitrogens is 1. The summed E-state index contributed by atoms with van der Waals surface area (Å²) >= 11 is 0. The van der Waals surface area contributed by atoms with Gasteiger partial charge in [0, 0.05) is 17.3 Å². The summed E-state index contributed by atoms with van der Waals surface area (Å²) in [6.07, 6.45) is 1.90. The maximum absolute atomic E-state index is 14.3. The van der Waals surface area contributed by atoms with Gasteiger partial charge >= 0.3 is 7.12 Å². The van der Waals surface area contributed by atoms with E-state index in [2.05, 4.69) is 9.71 Å². The zero-order chi connectivity index (χ0) is 20.9. The first-order valence-corrected chi connectivity index (χ1v) is 10.5. The highest BCUT2D eigenvalue weighted by Crippen LogP contribution is 2.37. The Morgan fingerprint density at radius 1 is 1.04 bits per heavy atom. The molecule has 1 aromatic heterocycles. The van der Waals surface area contributed by atoms with Crippen LogP contribution in [0.2, 0.25) is 0 Å². The second-order valence-electron chi connectivity index (χ2n) is 7.79. The molecule has 0 spiro atoms. The summed E-state index contributed by atoms with van der Waals surface area (Å²) in [5, 5.41) is 0. The molecule has 0 saturated carbocycles. The van der Waals surface area contributed by atoms with Crippen molar-refractivity contribution in [1.29, 1.82) is 0 Å². The lowest BCUT2D eigenvalue weighted by Crippen LogP contribution is -2.41. The van der Waals surface area contributed by atoms with E-state index in [-0.39, 0.29) is 16.9 Å². The highest BCUT2D eigenvalue weighted by Gasteiger charge is 2.51. The molecule has 6 nitrogen and oxygen atoms in total. The van der Waals surface area contributed by atoms with Gasteiger partial charge in [0.1, 0.15) is 11.5 Å². The van der Waals surface area contributed by atoms with Crippen molar-refractivity contribution in [3.05, 3.63) is 42.1 Å². The Morgan fingerprint density at radius 3 is 2.18 bits per heavy atom. The molecule has 2 aromatic rings. The zero-order valence-electron chi connectivity index (χ0n) is 16.2. The molecule has 0 unspecified atom stereocenters. The first-order valence-electron chi connectivity index (χ1n) is 8.57. The largest absolute Gasteiger partial charge is 0.494 e. The van der Waals surface area contributed by atoms with Crippen molar-refractivity contribution in [1.82, 2.24) is 4.98 Å². The van der Waals surface area contributed by atoms with Crippen molar-refractivity contribution in [3.8, 4) is 11.3 Å². The van der Waals surface area contributed by atoms with E-state index < -0.39 is 40.0 Å². The van der Waals surface area contributed by atoms with Gasteiger partial charge in [-0.1, -0.05) is 6.07 Å². The lowest BCUT2D eigenvalue weighted by atomic mass is 9.78. The van der Waals surface area contributed by atoms with Gasteiger partial charge in [-0.25, -0.2) is 17.2 Å². The first-order chi connectivity index (χ1) is 12.8. The van der Waals surface area contributed by atoms with Crippen molar-refractivity contribution in [2.75, 3.05) is 11.0 Å². The average Bonchev–Trinajstić information content (AvgIpc) is 2.73. The molecule has 2 heterocycles. The number of benzene rings is 1. The zero-order valence-corrected chi connectivity index (χ0v) is 17.0. The number of nitrogens with zero attached hydrogens (tertiary/aromatic N) is 1. The molecule has 1 aliphatic heterocycles. The maximum Gasteiger partial charge on any atom is 0.494 e. The van der Waals surface area contributed by atoms with Crippen LogP contribution in [0.15, 0.2) is 30.5 Å². The van der Waals surface area contributed by atoms with Gasteiger partial charge in [-0.3, -0.25) is 9.71 Å². The second kappa shape index (κ2) is 6.79. The van der Waals surface area contributed by atoms with Gasteiger partial charge in [0.2, 0.25) is 10.0 Å². The van der Waals surface area contributed by atoms with Crippen LogP contribution < -0.4 is 10.2 Å². The molecule has 0 radical (unpaired) electrons. The van der Waals surface area contributed by atoms with Crippen LogP contribution in [0.4, 0.5) is 14.5 Å². The molecule has 1 N–H and O–H groups in total. The van der Waals surface area contributed by atoms with Crippen LogP contribution in [0.3, 0.4) is 0 Å². The molecule has 0 bridgehead atoms. The van der Waals surface area contributed by atoms with Gasteiger partial charge in [-0.2, -0.15) is 0 Å². The third kappa shape index (κ3) is 4.18. The molecular formula is C18H21BF2N2O4S. The summed E-state index contributed by atoms with van der Waals surface area (Å²) in [5.41, 5.74) is -0.412. The third-order valence-corrected chi connectivity index (χ3v) is 5.47. The van der Waals surface area contributed by atoms with Crippen molar-refractivity contribution in [2.24, 2.45) is 0 Å². The van der Waals surface area contributed by atoms with Gasteiger partial charge in [0.15, 0.2) is 5.82 Å². The molecule has 0 aliphatic carbocycles. The smallest absolute Gasteiger partial charge is 0.399 e. The Balaban J connectivity index is 2.11. The van der Waals surface area contributed by atoms with E-state index in [4.69, 9.17) is 9.31 Å². The number of hydrogen-bond donors (Lipinski definition) is 1. The highest BCUT2D eigenvalue weighted by molar-refractivity contribution is 7.92. The van der Waals surface area contributed by atoms with Gasteiger partial charge in [0.25, 0.3) is 0 Å². The van der Waals surface area contributed by atoms with Crippen LogP contribution in [0.5, 0.6) is 0 Å². The minimum absolute atomic E-state index is 0.115. The SMILES string of the molecule is CC1(C)OB(c2cc(NS(C)(=O)=O)cc(-c3ncc(F)cc3F)c2)OC1(C)C. The Morgan fingerprint density at radius 2 is 1.64 bits per heavy atom. The average molecular weight is 410 g/mol. The normalized spacial score (nSPS) is 18.3. The number of hydrogen-bond acceptors (Lipinski definition) is 5. The van der Waals surface area contributed by atoms with Gasteiger partial charge in [-0.05, 0) is 45.3 Å².